The molecule has 2 aromatic carbocycles. The summed E-state index contributed by atoms with van der Waals surface area (Å²) in [6.07, 6.45) is -0.992. The normalized spacial score (nSPS) is 9.00. The predicted octanol–water partition coefficient (Wildman–Crippen LogP) is 3.67. The maximum Gasteiger partial charge on any atom is 0.404 e. The number of carbonyl (C=O) groups is 1. The number of rotatable bonds is 4. The number of carboxylic acid groups (broad SMARTS) is 1. The van der Waals surface area contributed by atoms with E-state index in [1.807, 2.05) is 60.7 Å². The van der Waals surface area contributed by atoms with Crippen LogP contribution in [0.4, 0.5) is 4.79 Å². The summed E-state index contributed by atoms with van der Waals surface area (Å²) in [6.45, 7) is 0.872. The van der Waals surface area contributed by atoms with Gasteiger partial charge in [-0.2, -0.15) is 5.11 Å². The van der Waals surface area contributed by atoms with Crippen LogP contribution in [0.15, 0.2) is 65.8 Å². The zero-order valence-electron chi connectivity index (χ0n) is 11.0. The van der Waals surface area contributed by atoms with Crippen LogP contribution in [-0.4, -0.2) is 11.2 Å². The lowest BCUT2D eigenvalue weighted by Gasteiger charge is -1.98. The molecular formula is C15H17N3O2. The number of benzene rings is 2. The first-order valence-electron chi connectivity index (χ1n) is 6.10. The van der Waals surface area contributed by atoms with E-state index in [0.29, 0.717) is 13.1 Å². The van der Waals surface area contributed by atoms with Gasteiger partial charge in [0.1, 0.15) is 0 Å². The third-order valence-corrected chi connectivity index (χ3v) is 2.39. The van der Waals surface area contributed by atoms with Crippen LogP contribution in [-0.2, 0) is 13.1 Å². The molecule has 5 heteroatoms. The van der Waals surface area contributed by atoms with Crippen molar-refractivity contribution in [2.75, 3.05) is 0 Å². The predicted molar refractivity (Wildman–Crippen MR) is 76.6 cm³/mol. The number of nitrogens with one attached hydrogen (secondary N) is 2. The van der Waals surface area contributed by atoms with Gasteiger partial charge in [0.15, 0.2) is 0 Å². The van der Waals surface area contributed by atoms with Gasteiger partial charge in [-0.25, -0.2) is 10.3 Å². The molecule has 0 unspecified atom stereocenters. The largest absolute Gasteiger partial charge is 0.465 e. The van der Waals surface area contributed by atoms with E-state index in [-0.39, 0.29) is 0 Å². The maximum atomic E-state index is 10.1. The van der Waals surface area contributed by atoms with Crippen LogP contribution in [0, 0.1) is 5.53 Å². The van der Waals surface area contributed by atoms with Crippen molar-refractivity contribution >= 4 is 6.09 Å². The van der Waals surface area contributed by atoms with Gasteiger partial charge in [0.2, 0.25) is 0 Å². The van der Waals surface area contributed by atoms with Gasteiger partial charge < -0.3 is 10.4 Å². The highest BCUT2D eigenvalue weighted by molar-refractivity contribution is 5.64. The highest BCUT2D eigenvalue weighted by Crippen LogP contribution is 1.98. The molecule has 20 heavy (non-hydrogen) atoms. The molecule has 0 aliphatic carbocycles. The van der Waals surface area contributed by atoms with E-state index < -0.39 is 6.09 Å². The summed E-state index contributed by atoms with van der Waals surface area (Å²) >= 11 is 0. The highest BCUT2D eigenvalue weighted by atomic mass is 16.4. The van der Waals surface area contributed by atoms with Crippen molar-refractivity contribution in [1.29, 1.82) is 5.53 Å². The van der Waals surface area contributed by atoms with Crippen LogP contribution in [0.5, 0.6) is 0 Å². The molecule has 2 aromatic rings. The Bertz CT molecular complexity index is 515. The minimum atomic E-state index is -0.992. The molecule has 0 spiro atoms. The summed E-state index contributed by atoms with van der Waals surface area (Å²) in [7, 11) is 0. The van der Waals surface area contributed by atoms with Crippen molar-refractivity contribution in [3.8, 4) is 0 Å². The quantitative estimate of drug-likeness (QED) is 0.741. The molecule has 0 bridgehead atoms. The lowest BCUT2D eigenvalue weighted by molar-refractivity contribution is 0.194. The minimum Gasteiger partial charge on any atom is -0.465 e. The second kappa shape index (κ2) is 9.27. The van der Waals surface area contributed by atoms with E-state index in [1.165, 1.54) is 0 Å². The molecule has 0 saturated carbocycles. The summed E-state index contributed by atoms with van der Waals surface area (Å²) in [5.74, 6) is 0. The van der Waals surface area contributed by atoms with Gasteiger partial charge in [-0.05, 0) is 11.1 Å². The van der Waals surface area contributed by atoms with Gasteiger partial charge in [-0.1, -0.05) is 60.7 Å². The average Bonchev–Trinajstić information content (AvgIpc) is 2.48. The Labute approximate surface area is 117 Å². The fourth-order valence-electron chi connectivity index (χ4n) is 1.45. The average molecular weight is 271 g/mol. The molecule has 104 valence electrons. The summed E-state index contributed by atoms with van der Waals surface area (Å²) in [5, 5.41) is 13.8. The van der Waals surface area contributed by atoms with Crippen LogP contribution >= 0.6 is 0 Å². The van der Waals surface area contributed by atoms with Crippen LogP contribution in [0.25, 0.3) is 0 Å². The standard InChI is InChI=1S/C8H9NO2.C7H8N2/c10-8(11)9-6-7-4-2-1-3-5-7;8-9-6-7-4-2-1-3-5-7/h1-5,9H,6H2,(H,10,11);1-5,8H,6H2. The first-order chi connectivity index (χ1) is 9.72. The van der Waals surface area contributed by atoms with Crippen molar-refractivity contribution in [2.24, 2.45) is 5.11 Å². The molecule has 0 aliphatic rings. The molecule has 0 aliphatic heterocycles. The number of hydrogen-bond acceptors (Lipinski definition) is 3. The molecule has 0 fully saturated rings. The summed E-state index contributed by atoms with van der Waals surface area (Å²) in [5.41, 5.74) is 8.62. The Morgan fingerprint density at radius 2 is 1.50 bits per heavy atom. The van der Waals surface area contributed by atoms with Crippen LogP contribution < -0.4 is 5.32 Å². The Morgan fingerprint density at radius 1 is 1.00 bits per heavy atom. The number of amides is 1. The number of nitrogens with zero attached hydrogens (tertiary/aromatic N) is 1. The molecule has 0 saturated heterocycles. The van der Waals surface area contributed by atoms with E-state index in [4.69, 9.17) is 10.6 Å². The Morgan fingerprint density at radius 3 is 1.95 bits per heavy atom. The lowest BCUT2D eigenvalue weighted by atomic mass is 10.2. The Kier molecular flexibility index (Phi) is 7.12. The maximum absolute atomic E-state index is 10.1. The number of hydrogen-bond donors (Lipinski definition) is 3. The molecule has 3 N–H and O–H groups in total. The first kappa shape index (κ1) is 15.4. The highest BCUT2D eigenvalue weighted by Gasteiger charge is 1.93. The molecule has 0 radical (unpaired) electrons. The molecule has 0 heterocycles. The van der Waals surface area contributed by atoms with Gasteiger partial charge in [0.05, 0.1) is 6.54 Å². The fourth-order valence-corrected chi connectivity index (χ4v) is 1.45. The second-order valence-corrected chi connectivity index (χ2v) is 3.95. The summed E-state index contributed by atoms with van der Waals surface area (Å²) in [4.78, 5) is 10.1. The zero-order chi connectivity index (χ0) is 14.6. The smallest absolute Gasteiger partial charge is 0.404 e. The fraction of sp³-hybridized carbons (Fsp3) is 0.133. The molecule has 5 nitrogen and oxygen atoms in total. The van der Waals surface area contributed by atoms with Crippen molar-refractivity contribution in [3.63, 3.8) is 0 Å². The van der Waals surface area contributed by atoms with Gasteiger partial charge in [-0.15, -0.1) is 0 Å². The van der Waals surface area contributed by atoms with Gasteiger partial charge in [-0.3, -0.25) is 0 Å². The Balaban J connectivity index is 0.000000204. The first-order valence-corrected chi connectivity index (χ1v) is 6.10. The molecule has 0 aromatic heterocycles. The monoisotopic (exact) mass is 271 g/mol. The van der Waals surface area contributed by atoms with Crippen molar-refractivity contribution < 1.29 is 9.90 Å². The van der Waals surface area contributed by atoms with Crippen LogP contribution in [0.2, 0.25) is 0 Å². The van der Waals surface area contributed by atoms with Gasteiger partial charge in [0, 0.05) is 6.54 Å². The van der Waals surface area contributed by atoms with Gasteiger partial charge >= 0.3 is 6.09 Å². The lowest BCUT2D eigenvalue weighted by Crippen LogP contribution is -2.19. The van der Waals surface area contributed by atoms with E-state index in [1.54, 1.807) is 0 Å². The van der Waals surface area contributed by atoms with Gasteiger partial charge in [0.25, 0.3) is 0 Å². The van der Waals surface area contributed by atoms with E-state index in [2.05, 4.69) is 10.4 Å². The molecule has 2 rings (SSSR count). The summed E-state index contributed by atoms with van der Waals surface area (Å²) < 4.78 is 0. The van der Waals surface area contributed by atoms with E-state index in [0.717, 1.165) is 11.1 Å². The SMILES string of the molecule is N=NCc1ccccc1.O=C(O)NCc1ccccc1. The third-order valence-electron chi connectivity index (χ3n) is 2.39. The molecule has 0 atom stereocenters. The van der Waals surface area contributed by atoms with E-state index >= 15 is 0 Å². The van der Waals surface area contributed by atoms with E-state index in [9.17, 15) is 4.79 Å². The van der Waals surface area contributed by atoms with Crippen molar-refractivity contribution in [2.45, 2.75) is 13.1 Å². The van der Waals surface area contributed by atoms with Crippen LogP contribution in [0.3, 0.4) is 0 Å². The molecular weight excluding hydrogens is 254 g/mol. The Hall–Kier alpha value is -2.69. The zero-order valence-corrected chi connectivity index (χ0v) is 11.0. The minimum absolute atomic E-state index is 0.371. The third kappa shape index (κ3) is 6.90. The second-order valence-electron chi connectivity index (χ2n) is 3.95. The van der Waals surface area contributed by atoms with Crippen molar-refractivity contribution in [1.82, 2.24) is 5.32 Å². The molecule has 1 amide bonds. The summed E-state index contributed by atoms with van der Waals surface area (Å²) in [6, 6.07) is 19.1. The van der Waals surface area contributed by atoms with Crippen molar-refractivity contribution in [3.05, 3.63) is 71.8 Å². The van der Waals surface area contributed by atoms with Crippen LogP contribution in [0.1, 0.15) is 11.1 Å². The topological polar surface area (TPSA) is 85.5 Å².